The van der Waals surface area contributed by atoms with Gasteiger partial charge in [0.05, 0.1) is 0 Å². The first-order chi connectivity index (χ1) is 10.2. The average Bonchev–Trinajstić information content (AvgIpc) is 3.30. The zero-order valence-corrected chi connectivity index (χ0v) is 11.6. The van der Waals surface area contributed by atoms with Gasteiger partial charge in [-0.15, -0.1) is 0 Å². The van der Waals surface area contributed by atoms with Crippen LogP contribution in [0.3, 0.4) is 0 Å². The lowest BCUT2D eigenvalue weighted by molar-refractivity contribution is 0.301. The highest BCUT2D eigenvalue weighted by Gasteiger charge is 2.20. The molecule has 0 aliphatic heterocycles. The Hall–Kier alpha value is -1.94. The second kappa shape index (κ2) is 6.22. The lowest BCUT2D eigenvalue weighted by Crippen LogP contribution is -2.16. The van der Waals surface area contributed by atoms with Crippen molar-refractivity contribution in [2.45, 2.75) is 32.0 Å². The first-order valence-electron chi connectivity index (χ1n) is 7.10. The first kappa shape index (κ1) is 14.0. The first-order valence-corrected chi connectivity index (χ1v) is 7.10. The van der Waals surface area contributed by atoms with Crippen LogP contribution in [0.15, 0.2) is 42.5 Å². The summed E-state index contributed by atoms with van der Waals surface area (Å²) < 4.78 is 32.0. The summed E-state index contributed by atoms with van der Waals surface area (Å²) in [6.45, 7) is 0.934. The Morgan fingerprint density at radius 2 is 1.71 bits per heavy atom. The third-order valence-corrected chi connectivity index (χ3v) is 3.49. The monoisotopic (exact) mass is 289 g/mol. The Bertz CT molecular complexity index is 609. The number of ether oxygens (including phenoxy) is 1. The van der Waals surface area contributed by atoms with E-state index in [0.29, 0.717) is 24.9 Å². The maximum absolute atomic E-state index is 13.4. The average molecular weight is 289 g/mol. The normalized spacial score (nSPS) is 14.2. The highest BCUT2D eigenvalue weighted by molar-refractivity contribution is 5.34. The second-order valence-corrected chi connectivity index (χ2v) is 5.32. The van der Waals surface area contributed by atoms with Gasteiger partial charge in [0.2, 0.25) is 0 Å². The molecule has 1 aliphatic rings. The van der Waals surface area contributed by atoms with Crippen molar-refractivity contribution in [2.75, 3.05) is 0 Å². The van der Waals surface area contributed by atoms with Gasteiger partial charge in [-0.2, -0.15) is 0 Å². The molecule has 1 fully saturated rings. The van der Waals surface area contributed by atoms with Crippen molar-refractivity contribution in [3.63, 3.8) is 0 Å². The van der Waals surface area contributed by atoms with Crippen molar-refractivity contribution < 1.29 is 13.5 Å². The van der Waals surface area contributed by atoms with Crippen LogP contribution in [0, 0.1) is 11.6 Å². The molecule has 2 aromatic rings. The molecule has 1 N–H and O–H groups in total. The predicted octanol–water partition coefficient (Wildman–Crippen LogP) is 3.80. The van der Waals surface area contributed by atoms with Crippen LogP contribution in [-0.2, 0) is 13.2 Å². The molecule has 1 saturated carbocycles. The molecular formula is C17H17F2NO. The summed E-state index contributed by atoms with van der Waals surface area (Å²) in [6.07, 6.45) is 2.36. The Kier molecular flexibility index (Phi) is 4.15. The van der Waals surface area contributed by atoms with E-state index in [9.17, 15) is 8.78 Å². The fourth-order valence-electron chi connectivity index (χ4n) is 2.11. The molecule has 4 heteroatoms. The van der Waals surface area contributed by atoms with E-state index in [1.54, 1.807) is 18.2 Å². The van der Waals surface area contributed by atoms with E-state index in [1.807, 2.05) is 0 Å². The number of hydrogen-bond acceptors (Lipinski definition) is 2. The molecule has 0 atom stereocenters. The molecule has 0 unspecified atom stereocenters. The van der Waals surface area contributed by atoms with Gasteiger partial charge >= 0.3 is 0 Å². The number of hydrogen-bond donors (Lipinski definition) is 1. The molecular weight excluding hydrogens is 272 g/mol. The van der Waals surface area contributed by atoms with Gasteiger partial charge in [0.25, 0.3) is 0 Å². The third-order valence-electron chi connectivity index (χ3n) is 3.49. The summed E-state index contributed by atoms with van der Waals surface area (Å²) in [4.78, 5) is 0. The summed E-state index contributed by atoms with van der Waals surface area (Å²) >= 11 is 0. The quantitative estimate of drug-likeness (QED) is 0.873. The summed E-state index contributed by atoms with van der Waals surface area (Å²) in [5.41, 5.74) is 1.69. The minimum atomic E-state index is -0.269. The fraction of sp³-hybridized carbons (Fsp3) is 0.294. The number of halogens is 2. The number of rotatable bonds is 6. The Morgan fingerprint density at radius 1 is 1.00 bits per heavy atom. The zero-order chi connectivity index (χ0) is 14.7. The van der Waals surface area contributed by atoms with Crippen LogP contribution in [0.1, 0.15) is 24.0 Å². The molecule has 110 valence electrons. The Balaban J connectivity index is 1.66. The van der Waals surface area contributed by atoms with E-state index in [2.05, 4.69) is 5.32 Å². The van der Waals surface area contributed by atoms with Crippen LogP contribution < -0.4 is 10.1 Å². The SMILES string of the molecule is Fc1ccc(COc2ccc(F)cc2CNC2CC2)cc1. The Morgan fingerprint density at radius 3 is 2.43 bits per heavy atom. The van der Waals surface area contributed by atoms with Crippen molar-refractivity contribution in [1.82, 2.24) is 5.32 Å². The van der Waals surface area contributed by atoms with Gasteiger partial charge < -0.3 is 10.1 Å². The third kappa shape index (κ3) is 4.02. The predicted molar refractivity (Wildman–Crippen MR) is 77.0 cm³/mol. The van der Waals surface area contributed by atoms with Gasteiger partial charge in [0.15, 0.2) is 0 Å². The summed E-state index contributed by atoms with van der Waals surface area (Å²) in [5.74, 6) is 0.125. The lowest BCUT2D eigenvalue weighted by Gasteiger charge is -2.12. The molecule has 0 radical (unpaired) electrons. The van der Waals surface area contributed by atoms with Gasteiger partial charge in [-0.25, -0.2) is 8.78 Å². The molecule has 3 rings (SSSR count). The fourth-order valence-corrected chi connectivity index (χ4v) is 2.11. The van der Waals surface area contributed by atoms with Crippen molar-refractivity contribution in [3.05, 3.63) is 65.2 Å². The van der Waals surface area contributed by atoms with Gasteiger partial charge in [-0.05, 0) is 48.7 Å². The largest absolute Gasteiger partial charge is 0.489 e. The topological polar surface area (TPSA) is 21.3 Å². The van der Waals surface area contributed by atoms with Crippen molar-refractivity contribution >= 4 is 0 Å². The van der Waals surface area contributed by atoms with Gasteiger partial charge in [-0.3, -0.25) is 0 Å². The molecule has 0 bridgehead atoms. The van der Waals surface area contributed by atoms with Crippen LogP contribution in [-0.4, -0.2) is 6.04 Å². The summed E-state index contributed by atoms with van der Waals surface area (Å²) in [5, 5.41) is 3.35. The van der Waals surface area contributed by atoms with Crippen molar-refractivity contribution in [1.29, 1.82) is 0 Å². The highest BCUT2D eigenvalue weighted by Crippen LogP contribution is 2.24. The molecule has 21 heavy (non-hydrogen) atoms. The molecule has 0 aromatic heterocycles. The van der Waals surface area contributed by atoms with Crippen LogP contribution >= 0.6 is 0 Å². The smallest absolute Gasteiger partial charge is 0.124 e. The van der Waals surface area contributed by atoms with E-state index < -0.39 is 0 Å². The summed E-state index contributed by atoms with van der Waals surface area (Å²) in [6, 6.07) is 11.2. The molecule has 0 amide bonds. The lowest BCUT2D eigenvalue weighted by atomic mass is 10.2. The van der Waals surface area contributed by atoms with E-state index in [0.717, 1.165) is 11.1 Å². The second-order valence-electron chi connectivity index (χ2n) is 5.32. The van der Waals surface area contributed by atoms with Crippen molar-refractivity contribution in [3.8, 4) is 5.75 Å². The van der Waals surface area contributed by atoms with Crippen molar-refractivity contribution in [2.24, 2.45) is 0 Å². The standard InChI is InChI=1S/C17H17F2NO/c18-14-3-1-12(2-4-14)11-21-17-8-5-15(19)9-13(17)10-20-16-6-7-16/h1-5,8-9,16,20H,6-7,10-11H2. The van der Waals surface area contributed by atoms with Crippen LogP contribution in [0.25, 0.3) is 0 Å². The minimum Gasteiger partial charge on any atom is -0.489 e. The number of benzene rings is 2. The van der Waals surface area contributed by atoms with Crippen LogP contribution in [0.5, 0.6) is 5.75 Å². The molecule has 2 nitrogen and oxygen atoms in total. The van der Waals surface area contributed by atoms with E-state index in [1.165, 1.54) is 37.1 Å². The maximum atomic E-state index is 13.4. The van der Waals surface area contributed by atoms with Gasteiger partial charge in [0, 0.05) is 18.2 Å². The number of nitrogens with one attached hydrogen (secondary N) is 1. The Labute approximate surface area is 122 Å². The molecule has 0 heterocycles. The highest BCUT2D eigenvalue weighted by atomic mass is 19.1. The zero-order valence-electron chi connectivity index (χ0n) is 11.6. The molecule has 0 saturated heterocycles. The van der Waals surface area contributed by atoms with E-state index >= 15 is 0 Å². The minimum absolute atomic E-state index is 0.267. The molecule has 0 spiro atoms. The van der Waals surface area contributed by atoms with Gasteiger partial charge in [-0.1, -0.05) is 12.1 Å². The maximum Gasteiger partial charge on any atom is 0.124 e. The van der Waals surface area contributed by atoms with Crippen LogP contribution in [0.2, 0.25) is 0 Å². The van der Waals surface area contributed by atoms with E-state index in [4.69, 9.17) is 4.74 Å². The van der Waals surface area contributed by atoms with Crippen LogP contribution in [0.4, 0.5) is 8.78 Å². The molecule has 2 aromatic carbocycles. The summed E-state index contributed by atoms with van der Waals surface area (Å²) in [7, 11) is 0. The molecule has 1 aliphatic carbocycles. The van der Waals surface area contributed by atoms with Gasteiger partial charge in [0.1, 0.15) is 24.0 Å². The van der Waals surface area contributed by atoms with E-state index in [-0.39, 0.29) is 11.6 Å².